The highest BCUT2D eigenvalue weighted by molar-refractivity contribution is 7.98. The van der Waals surface area contributed by atoms with E-state index in [-0.39, 0.29) is 10.8 Å². The number of amides is 1. The molecule has 1 aliphatic heterocycles. The van der Waals surface area contributed by atoms with Gasteiger partial charge in [-0.15, -0.1) is 11.8 Å². The van der Waals surface area contributed by atoms with Crippen LogP contribution in [0.3, 0.4) is 0 Å². The van der Waals surface area contributed by atoms with Crippen molar-refractivity contribution in [2.24, 2.45) is 5.92 Å². The van der Waals surface area contributed by atoms with E-state index < -0.39 is 10.0 Å². The Bertz CT molecular complexity index is 925. The SMILES string of the molecule is CSc1ccc(S(=O)(=O)N(C)c2ccc(C(=O)N3CCCC(C)C3)cc2)cc1. The molecule has 1 heterocycles. The Labute approximate surface area is 171 Å². The fourth-order valence-electron chi connectivity index (χ4n) is 3.41. The lowest BCUT2D eigenvalue weighted by atomic mass is 9.99. The summed E-state index contributed by atoms with van der Waals surface area (Å²) in [6.45, 7) is 3.72. The van der Waals surface area contributed by atoms with Crippen molar-refractivity contribution in [1.29, 1.82) is 0 Å². The van der Waals surface area contributed by atoms with Crippen LogP contribution in [0.2, 0.25) is 0 Å². The molecule has 5 nitrogen and oxygen atoms in total. The second kappa shape index (κ2) is 8.57. The molecular formula is C21H26N2O3S2. The molecule has 0 N–H and O–H groups in total. The molecular weight excluding hydrogens is 392 g/mol. The zero-order valence-corrected chi connectivity index (χ0v) is 18.1. The summed E-state index contributed by atoms with van der Waals surface area (Å²) in [5.41, 5.74) is 1.12. The van der Waals surface area contributed by atoms with Gasteiger partial charge in [-0.1, -0.05) is 6.92 Å². The summed E-state index contributed by atoms with van der Waals surface area (Å²) in [5.74, 6) is 0.530. The number of thioether (sulfide) groups is 1. The fraction of sp³-hybridized carbons (Fsp3) is 0.381. The van der Waals surface area contributed by atoms with E-state index in [9.17, 15) is 13.2 Å². The van der Waals surface area contributed by atoms with Crippen molar-refractivity contribution in [2.75, 3.05) is 30.7 Å². The first kappa shape index (κ1) is 20.7. The van der Waals surface area contributed by atoms with E-state index >= 15 is 0 Å². The van der Waals surface area contributed by atoms with Gasteiger partial charge in [0.1, 0.15) is 0 Å². The Kier molecular flexibility index (Phi) is 6.35. The van der Waals surface area contributed by atoms with Crippen LogP contribution in [0.4, 0.5) is 5.69 Å². The number of rotatable bonds is 5. The van der Waals surface area contributed by atoms with Crippen LogP contribution in [0, 0.1) is 5.92 Å². The van der Waals surface area contributed by atoms with Gasteiger partial charge < -0.3 is 4.90 Å². The minimum Gasteiger partial charge on any atom is -0.338 e. The maximum atomic E-state index is 12.9. The van der Waals surface area contributed by atoms with Crippen LogP contribution in [0.25, 0.3) is 0 Å². The Morgan fingerprint density at radius 1 is 1.11 bits per heavy atom. The minimum atomic E-state index is -3.65. The highest BCUT2D eigenvalue weighted by Gasteiger charge is 2.24. The van der Waals surface area contributed by atoms with Crippen LogP contribution in [-0.2, 0) is 10.0 Å². The number of benzene rings is 2. The lowest BCUT2D eigenvalue weighted by Gasteiger charge is -2.31. The molecule has 1 atom stereocenters. The Balaban J connectivity index is 1.77. The second-order valence-electron chi connectivity index (χ2n) is 7.19. The van der Waals surface area contributed by atoms with Crippen molar-refractivity contribution in [2.45, 2.75) is 29.6 Å². The predicted octanol–water partition coefficient (Wildman–Crippen LogP) is 4.11. The topological polar surface area (TPSA) is 57.7 Å². The third-order valence-electron chi connectivity index (χ3n) is 5.14. The molecule has 0 aromatic heterocycles. The van der Waals surface area contributed by atoms with Crippen LogP contribution in [0.15, 0.2) is 58.3 Å². The average Bonchev–Trinajstić information content (AvgIpc) is 2.72. The van der Waals surface area contributed by atoms with Crippen molar-refractivity contribution in [3.63, 3.8) is 0 Å². The number of hydrogen-bond donors (Lipinski definition) is 0. The van der Waals surface area contributed by atoms with Gasteiger partial charge in [-0.2, -0.15) is 0 Å². The smallest absolute Gasteiger partial charge is 0.264 e. The number of sulfonamides is 1. The highest BCUT2D eigenvalue weighted by atomic mass is 32.2. The largest absolute Gasteiger partial charge is 0.338 e. The van der Waals surface area contributed by atoms with E-state index in [2.05, 4.69) is 6.92 Å². The van der Waals surface area contributed by atoms with Crippen LogP contribution in [0.1, 0.15) is 30.1 Å². The molecule has 0 radical (unpaired) electrons. The van der Waals surface area contributed by atoms with E-state index in [1.54, 1.807) is 60.3 Å². The van der Waals surface area contributed by atoms with Crippen LogP contribution < -0.4 is 4.31 Å². The number of likely N-dealkylation sites (tertiary alicyclic amines) is 1. The average molecular weight is 419 g/mol. The number of carbonyl (C=O) groups excluding carboxylic acids is 1. The van der Waals surface area contributed by atoms with Crippen molar-refractivity contribution < 1.29 is 13.2 Å². The molecule has 1 amide bonds. The third-order valence-corrected chi connectivity index (χ3v) is 7.68. The fourth-order valence-corrected chi connectivity index (χ4v) is 5.02. The van der Waals surface area contributed by atoms with Gasteiger partial charge in [0.05, 0.1) is 10.6 Å². The van der Waals surface area contributed by atoms with Crippen molar-refractivity contribution in [1.82, 2.24) is 4.90 Å². The maximum Gasteiger partial charge on any atom is 0.264 e. The summed E-state index contributed by atoms with van der Waals surface area (Å²) < 4.78 is 27.0. The molecule has 1 fully saturated rings. The lowest BCUT2D eigenvalue weighted by Crippen LogP contribution is -2.39. The number of piperidine rings is 1. The molecule has 3 rings (SSSR count). The molecule has 0 spiro atoms. The van der Waals surface area contributed by atoms with Gasteiger partial charge in [0.25, 0.3) is 15.9 Å². The molecule has 2 aromatic rings. The summed E-state index contributed by atoms with van der Waals surface area (Å²) in [6, 6.07) is 13.6. The van der Waals surface area contributed by atoms with E-state index in [4.69, 9.17) is 0 Å². The first-order valence-electron chi connectivity index (χ1n) is 9.35. The normalized spacial score (nSPS) is 17.4. The van der Waals surface area contributed by atoms with Crippen molar-refractivity contribution >= 4 is 33.4 Å². The van der Waals surface area contributed by atoms with Crippen LogP contribution in [-0.4, -0.2) is 45.6 Å². The van der Waals surface area contributed by atoms with Gasteiger partial charge in [-0.05, 0) is 73.5 Å². The Morgan fingerprint density at radius 3 is 2.32 bits per heavy atom. The first-order chi connectivity index (χ1) is 13.3. The number of carbonyl (C=O) groups is 1. The second-order valence-corrected chi connectivity index (χ2v) is 10.0. The number of anilines is 1. The van der Waals surface area contributed by atoms with Crippen LogP contribution in [0.5, 0.6) is 0 Å². The monoisotopic (exact) mass is 418 g/mol. The standard InChI is InChI=1S/C21H26N2O3S2/c1-16-5-4-14-23(15-16)21(24)17-6-8-18(9-7-17)22(2)28(25,26)20-12-10-19(27-3)11-13-20/h6-13,16H,4-5,14-15H2,1-3H3. The molecule has 1 unspecified atom stereocenters. The molecule has 0 bridgehead atoms. The summed E-state index contributed by atoms with van der Waals surface area (Å²) in [5, 5.41) is 0. The molecule has 0 saturated carbocycles. The van der Waals surface area contributed by atoms with Crippen LogP contribution >= 0.6 is 11.8 Å². The molecule has 7 heteroatoms. The first-order valence-corrected chi connectivity index (χ1v) is 12.0. The number of hydrogen-bond acceptors (Lipinski definition) is 4. The molecule has 28 heavy (non-hydrogen) atoms. The van der Waals surface area contributed by atoms with Gasteiger partial charge in [0.2, 0.25) is 0 Å². The zero-order chi connectivity index (χ0) is 20.3. The molecule has 1 saturated heterocycles. The predicted molar refractivity (Wildman–Crippen MR) is 115 cm³/mol. The van der Waals surface area contributed by atoms with Gasteiger partial charge in [-0.25, -0.2) is 8.42 Å². The van der Waals surface area contributed by atoms with Gasteiger partial charge >= 0.3 is 0 Å². The van der Waals surface area contributed by atoms with E-state index in [1.165, 1.54) is 11.4 Å². The maximum absolute atomic E-state index is 12.9. The number of nitrogens with zero attached hydrogens (tertiary/aromatic N) is 2. The van der Waals surface area contributed by atoms with E-state index in [0.717, 1.165) is 30.8 Å². The third kappa shape index (κ3) is 4.36. The summed E-state index contributed by atoms with van der Waals surface area (Å²) in [7, 11) is -2.12. The summed E-state index contributed by atoms with van der Waals surface area (Å²) in [4.78, 5) is 15.8. The van der Waals surface area contributed by atoms with E-state index in [1.807, 2.05) is 11.2 Å². The van der Waals surface area contributed by atoms with Gasteiger partial charge in [0, 0.05) is 30.6 Å². The van der Waals surface area contributed by atoms with E-state index in [0.29, 0.717) is 17.2 Å². The molecule has 0 aliphatic carbocycles. The van der Waals surface area contributed by atoms with Gasteiger partial charge in [0.15, 0.2) is 0 Å². The summed E-state index contributed by atoms with van der Waals surface area (Å²) in [6.07, 6.45) is 4.13. The Hall–Kier alpha value is -1.99. The minimum absolute atomic E-state index is 0.0104. The highest BCUT2D eigenvalue weighted by Crippen LogP contribution is 2.25. The zero-order valence-electron chi connectivity index (χ0n) is 16.5. The van der Waals surface area contributed by atoms with Crippen molar-refractivity contribution in [3.05, 3.63) is 54.1 Å². The Morgan fingerprint density at radius 2 is 1.75 bits per heavy atom. The molecule has 1 aliphatic rings. The molecule has 2 aromatic carbocycles. The van der Waals surface area contributed by atoms with Crippen molar-refractivity contribution in [3.8, 4) is 0 Å². The quantitative estimate of drug-likeness (QED) is 0.686. The van der Waals surface area contributed by atoms with Gasteiger partial charge in [-0.3, -0.25) is 9.10 Å². The lowest BCUT2D eigenvalue weighted by molar-refractivity contribution is 0.0683. The summed E-state index contributed by atoms with van der Waals surface area (Å²) >= 11 is 1.56. The molecule has 150 valence electrons.